The van der Waals surface area contributed by atoms with E-state index in [-0.39, 0.29) is 35.1 Å². The molecular formula is C26H19BrN4O8. The molecular weight excluding hydrogens is 576 g/mol. The number of para-hydroxylation sites is 1. The molecule has 2 N–H and O–H groups in total. The summed E-state index contributed by atoms with van der Waals surface area (Å²) in [6.45, 7) is -0.322. The van der Waals surface area contributed by atoms with Gasteiger partial charge in [0.2, 0.25) is 0 Å². The number of non-ortho nitro benzene ring substituents is 1. The van der Waals surface area contributed by atoms with Crippen LogP contribution >= 0.6 is 15.9 Å². The van der Waals surface area contributed by atoms with Crippen molar-refractivity contribution in [3.8, 4) is 11.5 Å². The Morgan fingerprint density at radius 2 is 1.79 bits per heavy atom. The lowest BCUT2D eigenvalue weighted by molar-refractivity contribution is -0.384. The Kier molecular flexibility index (Phi) is 8.01. The Bertz CT molecular complexity index is 1510. The highest BCUT2D eigenvalue weighted by Gasteiger charge is 2.37. The number of nitrogens with one attached hydrogen (secondary N) is 2. The lowest BCUT2D eigenvalue weighted by Crippen LogP contribution is -2.54. The smallest absolute Gasteiger partial charge is 0.335 e. The maximum absolute atomic E-state index is 13.1. The molecule has 1 saturated heterocycles. The van der Waals surface area contributed by atoms with Gasteiger partial charge >= 0.3 is 6.03 Å². The van der Waals surface area contributed by atoms with E-state index in [1.807, 2.05) is 6.07 Å². The predicted octanol–water partition coefficient (Wildman–Crippen LogP) is 4.05. The molecule has 0 radical (unpaired) electrons. The number of benzene rings is 3. The van der Waals surface area contributed by atoms with Gasteiger partial charge in [-0.3, -0.25) is 29.8 Å². The van der Waals surface area contributed by atoms with Crippen LogP contribution in [0.3, 0.4) is 0 Å². The number of imide groups is 2. The number of nitro benzene ring substituents is 1. The molecule has 3 aromatic carbocycles. The molecule has 0 atom stereocenters. The number of halogens is 1. The van der Waals surface area contributed by atoms with Crippen molar-refractivity contribution in [1.82, 2.24) is 5.32 Å². The quantitative estimate of drug-likeness (QED) is 0.171. The highest BCUT2D eigenvalue weighted by molar-refractivity contribution is 9.10. The van der Waals surface area contributed by atoms with Gasteiger partial charge in [0.15, 0.2) is 18.1 Å². The molecule has 0 aromatic heterocycles. The molecule has 13 heteroatoms. The van der Waals surface area contributed by atoms with Crippen molar-refractivity contribution in [1.29, 1.82) is 0 Å². The number of ether oxygens (including phenoxy) is 2. The topological polar surface area (TPSA) is 157 Å². The van der Waals surface area contributed by atoms with Crippen LogP contribution in [0.5, 0.6) is 11.5 Å². The Balaban J connectivity index is 1.56. The van der Waals surface area contributed by atoms with Gasteiger partial charge in [0.1, 0.15) is 5.57 Å². The van der Waals surface area contributed by atoms with E-state index in [2.05, 4.69) is 26.6 Å². The van der Waals surface area contributed by atoms with Crippen LogP contribution < -0.4 is 25.0 Å². The zero-order chi connectivity index (χ0) is 28.1. The zero-order valence-electron chi connectivity index (χ0n) is 20.2. The molecule has 12 nitrogen and oxygen atoms in total. The number of amides is 5. The number of carbonyl (C=O) groups excluding carboxylic acids is 4. The molecule has 3 aromatic rings. The third-order valence-electron chi connectivity index (χ3n) is 5.39. The maximum Gasteiger partial charge on any atom is 0.335 e. The van der Waals surface area contributed by atoms with Crippen LogP contribution in [0.1, 0.15) is 5.56 Å². The van der Waals surface area contributed by atoms with Crippen LogP contribution in [0, 0.1) is 10.1 Å². The van der Waals surface area contributed by atoms with E-state index in [4.69, 9.17) is 9.47 Å². The Labute approximate surface area is 229 Å². The van der Waals surface area contributed by atoms with Crippen molar-refractivity contribution in [3.05, 3.63) is 92.5 Å². The van der Waals surface area contributed by atoms with E-state index < -0.39 is 28.7 Å². The van der Waals surface area contributed by atoms with Gasteiger partial charge in [-0.05, 0) is 64.0 Å². The number of nitrogens with zero attached hydrogens (tertiary/aromatic N) is 2. The van der Waals surface area contributed by atoms with Gasteiger partial charge in [-0.1, -0.05) is 18.2 Å². The first kappa shape index (κ1) is 27.0. The third kappa shape index (κ3) is 6.10. The summed E-state index contributed by atoms with van der Waals surface area (Å²) in [4.78, 5) is 61.3. The molecule has 4 rings (SSSR count). The normalized spacial score (nSPS) is 14.2. The molecule has 0 aliphatic carbocycles. The van der Waals surface area contributed by atoms with E-state index in [0.29, 0.717) is 20.6 Å². The minimum absolute atomic E-state index is 0.0396. The van der Waals surface area contributed by atoms with Crippen molar-refractivity contribution < 1.29 is 33.6 Å². The fraction of sp³-hybridized carbons (Fsp3) is 0.0769. The highest BCUT2D eigenvalue weighted by Crippen LogP contribution is 2.37. The highest BCUT2D eigenvalue weighted by atomic mass is 79.9. The molecule has 1 heterocycles. The monoisotopic (exact) mass is 594 g/mol. The Hall–Kier alpha value is -5.04. The molecule has 1 aliphatic heterocycles. The molecule has 1 fully saturated rings. The fourth-order valence-electron chi connectivity index (χ4n) is 3.60. The number of rotatable bonds is 8. The average Bonchev–Trinajstić information content (AvgIpc) is 2.91. The second-order valence-corrected chi connectivity index (χ2v) is 8.82. The van der Waals surface area contributed by atoms with Gasteiger partial charge < -0.3 is 14.8 Å². The largest absolute Gasteiger partial charge is 0.493 e. The standard InChI is InChI=1S/C26H19BrN4O8/c1-38-21-13-15(12-20(27)23(21)39-14-22(32)28-16-5-3-2-4-6-16)11-19-24(33)29-26(35)30(25(19)34)17-7-9-18(10-8-17)31(36)37/h2-13H,14H2,1H3,(H,28,32)(H,29,33,35)/b19-11+. The lowest BCUT2D eigenvalue weighted by atomic mass is 10.1. The first-order chi connectivity index (χ1) is 18.7. The van der Waals surface area contributed by atoms with Gasteiger partial charge in [-0.2, -0.15) is 0 Å². The van der Waals surface area contributed by atoms with Gasteiger partial charge in [0, 0.05) is 17.8 Å². The van der Waals surface area contributed by atoms with Gasteiger partial charge in [-0.25, -0.2) is 9.69 Å². The van der Waals surface area contributed by atoms with E-state index in [9.17, 15) is 29.3 Å². The number of barbiturate groups is 1. The number of urea groups is 1. The summed E-state index contributed by atoms with van der Waals surface area (Å²) in [5.41, 5.74) is 0.398. The summed E-state index contributed by atoms with van der Waals surface area (Å²) in [6, 6.07) is 15.6. The third-order valence-corrected chi connectivity index (χ3v) is 5.98. The number of anilines is 2. The van der Waals surface area contributed by atoms with Crippen LogP contribution in [-0.2, 0) is 14.4 Å². The van der Waals surface area contributed by atoms with E-state index >= 15 is 0 Å². The summed E-state index contributed by atoms with van der Waals surface area (Å²) in [7, 11) is 1.38. The minimum atomic E-state index is -0.993. The second kappa shape index (κ2) is 11.6. The first-order valence-electron chi connectivity index (χ1n) is 11.2. The molecule has 0 bridgehead atoms. The molecule has 198 valence electrons. The van der Waals surface area contributed by atoms with Crippen molar-refractivity contribution in [2.24, 2.45) is 0 Å². The van der Waals surface area contributed by atoms with Gasteiger partial charge in [0.25, 0.3) is 23.4 Å². The van der Waals surface area contributed by atoms with Crippen LogP contribution in [-0.4, -0.2) is 42.4 Å². The summed E-state index contributed by atoms with van der Waals surface area (Å²) < 4.78 is 11.4. The van der Waals surface area contributed by atoms with E-state index in [1.165, 1.54) is 37.5 Å². The van der Waals surface area contributed by atoms with Gasteiger partial charge in [0.05, 0.1) is 22.2 Å². The maximum atomic E-state index is 13.1. The first-order valence-corrected chi connectivity index (χ1v) is 12.0. The number of methoxy groups -OCH3 is 1. The fourth-order valence-corrected chi connectivity index (χ4v) is 4.18. The molecule has 39 heavy (non-hydrogen) atoms. The summed E-state index contributed by atoms with van der Waals surface area (Å²) in [5.74, 6) is -1.83. The van der Waals surface area contributed by atoms with Crippen LogP contribution in [0.25, 0.3) is 6.08 Å². The lowest BCUT2D eigenvalue weighted by Gasteiger charge is -2.26. The predicted molar refractivity (Wildman–Crippen MR) is 143 cm³/mol. The Morgan fingerprint density at radius 3 is 2.44 bits per heavy atom. The molecule has 0 unspecified atom stereocenters. The summed E-state index contributed by atoms with van der Waals surface area (Å²) in [5, 5.41) is 15.7. The number of hydrogen-bond acceptors (Lipinski definition) is 8. The molecule has 1 aliphatic rings. The summed E-state index contributed by atoms with van der Waals surface area (Å²) >= 11 is 3.36. The minimum Gasteiger partial charge on any atom is -0.493 e. The zero-order valence-corrected chi connectivity index (χ0v) is 21.8. The SMILES string of the molecule is COc1cc(/C=C2\C(=O)NC(=O)N(c3ccc([N+](=O)[O-])cc3)C2=O)cc(Br)c1OCC(=O)Nc1ccccc1. The van der Waals surface area contributed by atoms with Crippen molar-refractivity contribution in [2.45, 2.75) is 0 Å². The summed E-state index contributed by atoms with van der Waals surface area (Å²) in [6.07, 6.45) is 1.25. The molecule has 0 saturated carbocycles. The number of carbonyl (C=O) groups is 4. The van der Waals surface area contributed by atoms with E-state index in [1.54, 1.807) is 24.3 Å². The van der Waals surface area contributed by atoms with Crippen molar-refractivity contribution >= 4 is 62.8 Å². The molecule has 0 spiro atoms. The van der Waals surface area contributed by atoms with Gasteiger partial charge in [-0.15, -0.1) is 0 Å². The van der Waals surface area contributed by atoms with Crippen molar-refractivity contribution in [3.63, 3.8) is 0 Å². The Morgan fingerprint density at radius 1 is 1.10 bits per heavy atom. The second-order valence-electron chi connectivity index (χ2n) is 7.97. The molecule has 5 amide bonds. The van der Waals surface area contributed by atoms with Crippen LogP contribution in [0.15, 0.2) is 76.8 Å². The van der Waals surface area contributed by atoms with Crippen molar-refractivity contribution in [2.75, 3.05) is 23.9 Å². The van der Waals surface area contributed by atoms with Crippen LogP contribution in [0.2, 0.25) is 0 Å². The average molecular weight is 595 g/mol. The van der Waals surface area contributed by atoms with E-state index in [0.717, 1.165) is 12.1 Å². The number of hydrogen-bond donors (Lipinski definition) is 2. The van der Waals surface area contributed by atoms with Crippen LogP contribution in [0.4, 0.5) is 21.9 Å². The number of nitro groups is 1.